The zero-order chi connectivity index (χ0) is 14.7. The van der Waals surface area contributed by atoms with Crippen molar-refractivity contribution < 1.29 is 34.9 Å². The molecule has 0 aliphatic carbocycles. The zero-order valence-corrected chi connectivity index (χ0v) is 17.4. The Hall–Kier alpha value is 2.61. The molecule has 11 heteroatoms. The van der Waals surface area contributed by atoms with E-state index in [-0.39, 0.29) is 16.8 Å². The van der Waals surface area contributed by atoms with E-state index in [0.29, 0.717) is 26.4 Å². The minimum absolute atomic E-state index is 0. The van der Waals surface area contributed by atoms with Gasteiger partial charge in [0.2, 0.25) is 0 Å². The van der Waals surface area contributed by atoms with Crippen molar-refractivity contribution in [2.24, 2.45) is 0 Å². The van der Waals surface area contributed by atoms with Gasteiger partial charge in [-0.3, -0.25) is 18.1 Å². The number of rotatable bonds is 8. The minimum atomic E-state index is -2.28. The maximum Gasteiger partial charge on any atom is 2.00 e. The second-order valence-corrected chi connectivity index (χ2v) is 12.5. The molecule has 4 nitrogen and oxygen atoms in total. The molecule has 0 aromatic heterocycles. The second-order valence-electron chi connectivity index (χ2n) is 2.57. The third-order valence-electron chi connectivity index (χ3n) is 1.15. The summed E-state index contributed by atoms with van der Waals surface area (Å²) in [7, 11) is 0. The Morgan fingerprint density at radius 1 is 0.579 bits per heavy atom. The average Bonchev–Trinajstić information content (AvgIpc) is 2.17. The van der Waals surface area contributed by atoms with E-state index in [1.54, 1.807) is 0 Å². The van der Waals surface area contributed by atoms with Gasteiger partial charge in [-0.25, -0.2) is 0 Å². The molecule has 0 aromatic carbocycles. The molecule has 1 radical (unpaired) electrons. The fraction of sp³-hybridized carbons (Fsp3) is 1.00. The topological polar surface area (TPSA) is 36.9 Å². The summed E-state index contributed by atoms with van der Waals surface area (Å²) in [5.41, 5.74) is 0. The van der Waals surface area contributed by atoms with Crippen molar-refractivity contribution in [3.05, 3.63) is 0 Å². The van der Waals surface area contributed by atoms with Crippen LogP contribution < -0.4 is 0 Å². The van der Waals surface area contributed by atoms with Crippen LogP contribution in [0, 0.1) is 0 Å². The molecular formula is C8H20CoO4P2S4. The Kier molecular flexibility index (Phi) is 21.6. The minimum Gasteiger partial charge on any atom is -0.516 e. The van der Waals surface area contributed by atoms with Gasteiger partial charge in [-0.1, -0.05) is 0 Å². The van der Waals surface area contributed by atoms with E-state index in [9.17, 15) is 0 Å². The molecule has 0 aromatic rings. The van der Waals surface area contributed by atoms with Gasteiger partial charge in [0.15, 0.2) is 0 Å². The van der Waals surface area contributed by atoms with Gasteiger partial charge in [-0.2, -0.15) is 0 Å². The van der Waals surface area contributed by atoms with Gasteiger partial charge in [0.25, 0.3) is 0 Å². The van der Waals surface area contributed by atoms with Gasteiger partial charge in [-0.05, 0) is 27.7 Å². The molecule has 0 amide bonds. The molecule has 0 fully saturated rings. The van der Waals surface area contributed by atoms with Crippen LogP contribution in [0.4, 0.5) is 0 Å². The Balaban J connectivity index is -0.000000256. The van der Waals surface area contributed by atoms with Gasteiger partial charge in [0, 0.05) is 12.2 Å². The fourth-order valence-electron chi connectivity index (χ4n) is 0.707. The Morgan fingerprint density at radius 3 is 0.842 bits per heavy atom. The van der Waals surface area contributed by atoms with Gasteiger partial charge in [0.1, 0.15) is 0 Å². The molecule has 0 heterocycles. The van der Waals surface area contributed by atoms with Crippen molar-refractivity contribution in [3.63, 3.8) is 0 Å². The molecule has 0 saturated carbocycles. The summed E-state index contributed by atoms with van der Waals surface area (Å²) in [4.78, 5) is 0. The molecule has 0 aliphatic heterocycles. The first kappa shape index (κ1) is 26.5. The third kappa shape index (κ3) is 20.6. The maximum absolute atomic E-state index is 4.99. The van der Waals surface area contributed by atoms with Crippen LogP contribution in [0.2, 0.25) is 0 Å². The predicted octanol–water partition coefficient (Wildman–Crippen LogP) is 3.66. The molecule has 0 spiro atoms. The number of hydrogen-bond donors (Lipinski definition) is 0. The largest absolute Gasteiger partial charge is 2.00 e. The average molecular weight is 429 g/mol. The summed E-state index contributed by atoms with van der Waals surface area (Å²) in [6.45, 7) is 9.58. The van der Waals surface area contributed by atoms with Gasteiger partial charge in [0.05, 0.1) is 26.4 Å². The molecule has 19 heavy (non-hydrogen) atoms. The SMILES string of the molecule is CCO[P+]([S-])([S-])OCC.CCO[P+]([S-])([S-])OCC.[Co+2]. The van der Waals surface area contributed by atoms with Crippen LogP contribution in [-0.2, 0) is 83.9 Å². The summed E-state index contributed by atoms with van der Waals surface area (Å²) in [6, 6.07) is 0. The third-order valence-corrected chi connectivity index (χ3v) is 5.98. The molecule has 0 rings (SSSR count). The summed E-state index contributed by atoms with van der Waals surface area (Å²) in [5.74, 6) is 0. The Bertz CT molecular complexity index is 168. The first-order chi connectivity index (χ1) is 8.24. The van der Waals surface area contributed by atoms with Gasteiger partial charge >= 0.3 is 16.8 Å². The Labute approximate surface area is 149 Å². The van der Waals surface area contributed by atoms with Crippen molar-refractivity contribution in [3.8, 4) is 0 Å². The first-order valence-electron chi connectivity index (χ1n) is 5.44. The van der Waals surface area contributed by atoms with Crippen molar-refractivity contribution >= 4 is 61.2 Å². The smallest absolute Gasteiger partial charge is 0.516 e. The second kappa shape index (κ2) is 15.5. The van der Waals surface area contributed by atoms with Gasteiger partial charge in [-0.15, -0.1) is 0 Å². The van der Waals surface area contributed by atoms with E-state index in [0.717, 1.165) is 0 Å². The van der Waals surface area contributed by atoms with Crippen molar-refractivity contribution in [2.45, 2.75) is 27.7 Å². The number of hydrogen-bond acceptors (Lipinski definition) is 8. The predicted molar refractivity (Wildman–Crippen MR) is 89.8 cm³/mol. The molecule has 0 N–H and O–H groups in total. The van der Waals surface area contributed by atoms with Crippen LogP contribution >= 0.6 is 12.2 Å². The normalized spacial score (nSPS) is 11.4. The van der Waals surface area contributed by atoms with E-state index in [1.165, 1.54) is 0 Å². The Morgan fingerprint density at radius 2 is 0.737 bits per heavy atom. The van der Waals surface area contributed by atoms with Crippen LogP contribution in [0.5, 0.6) is 0 Å². The molecule has 0 saturated heterocycles. The molecular weight excluding hydrogens is 409 g/mol. The van der Waals surface area contributed by atoms with E-state index in [2.05, 4.69) is 0 Å². The van der Waals surface area contributed by atoms with E-state index >= 15 is 0 Å². The summed E-state index contributed by atoms with van der Waals surface area (Å²) < 4.78 is 20.0. The molecule has 0 atom stereocenters. The van der Waals surface area contributed by atoms with Crippen LogP contribution in [0.25, 0.3) is 0 Å². The standard InChI is InChI=1S/2C4H11O2PS2.Co/c2*1-3-5-7(8,9)6-4-2;/h2*3-4H2,1-2H3,(H,8,9);/q;;+2/p-2. The zero-order valence-electron chi connectivity index (χ0n) is 11.3. The molecule has 119 valence electrons. The van der Waals surface area contributed by atoms with E-state index in [1.807, 2.05) is 27.7 Å². The summed E-state index contributed by atoms with van der Waals surface area (Å²) >= 11 is 19.3. The van der Waals surface area contributed by atoms with Crippen LogP contribution in [0.1, 0.15) is 27.7 Å². The van der Waals surface area contributed by atoms with Crippen LogP contribution in [0.15, 0.2) is 0 Å². The monoisotopic (exact) mass is 429 g/mol. The summed E-state index contributed by atoms with van der Waals surface area (Å²) in [5, 5.41) is 0. The van der Waals surface area contributed by atoms with Crippen molar-refractivity contribution in [1.82, 2.24) is 0 Å². The quantitative estimate of drug-likeness (QED) is 0.428. The van der Waals surface area contributed by atoms with E-state index in [4.69, 9.17) is 67.1 Å². The molecule has 0 unspecified atom stereocenters. The van der Waals surface area contributed by atoms with Crippen LogP contribution in [-0.4, -0.2) is 26.4 Å². The van der Waals surface area contributed by atoms with Gasteiger partial charge < -0.3 is 49.0 Å². The van der Waals surface area contributed by atoms with E-state index < -0.39 is 12.2 Å². The van der Waals surface area contributed by atoms with Crippen molar-refractivity contribution in [1.29, 1.82) is 0 Å². The summed E-state index contributed by atoms with van der Waals surface area (Å²) in [6.07, 6.45) is -4.55. The first-order valence-corrected chi connectivity index (χ1v) is 12.7. The molecule has 0 bridgehead atoms. The fourth-order valence-corrected chi connectivity index (χ4v) is 4.65. The van der Waals surface area contributed by atoms with Crippen molar-refractivity contribution in [2.75, 3.05) is 26.4 Å². The molecule has 0 aliphatic rings. The van der Waals surface area contributed by atoms with Crippen LogP contribution in [0.3, 0.4) is 0 Å². The maximum atomic E-state index is 4.99.